The van der Waals surface area contributed by atoms with Gasteiger partial charge in [-0.2, -0.15) is 0 Å². The first-order chi connectivity index (χ1) is 19.1. The molecule has 0 saturated heterocycles. The summed E-state index contributed by atoms with van der Waals surface area (Å²) in [6, 6.07) is 27.7. The number of unbranched alkanes of at least 4 members (excludes halogenated alkanes) is 2. The van der Waals surface area contributed by atoms with Gasteiger partial charge in [0, 0.05) is 37.8 Å². The third kappa shape index (κ3) is 6.07. The summed E-state index contributed by atoms with van der Waals surface area (Å²) in [4.78, 5) is 20.2. The van der Waals surface area contributed by atoms with Crippen LogP contribution in [-0.4, -0.2) is 25.6 Å². The van der Waals surface area contributed by atoms with Crippen molar-refractivity contribution < 1.29 is 0 Å². The van der Waals surface area contributed by atoms with Gasteiger partial charge in [-0.3, -0.25) is 9.69 Å². The lowest BCUT2D eigenvalue weighted by molar-refractivity contribution is 0.246. The van der Waals surface area contributed by atoms with Crippen LogP contribution in [0.1, 0.15) is 50.8 Å². The zero-order valence-electron chi connectivity index (χ0n) is 23.3. The predicted molar refractivity (Wildman–Crippen MR) is 164 cm³/mol. The van der Waals surface area contributed by atoms with E-state index in [0.717, 1.165) is 84.7 Å². The van der Waals surface area contributed by atoms with Crippen molar-refractivity contribution in [3.63, 3.8) is 0 Å². The lowest BCUT2D eigenvalue weighted by Gasteiger charge is -2.24. The molecule has 5 aromatic rings. The molecule has 0 amide bonds. The lowest BCUT2D eigenvalue weighted by atomic mass is 10.1. The van der Waals surface area contributed by atoms with Crippen molar-refractivity contribution in [2.75, 3.05) is 6.54 Å². The van der Waals surface area contributed by atoms with E-state index in [9.17, 15) is 4.79 Å². The highest BCUT2D eigenvalue weighted by Gasteiger charge is 2.22. The van der Waals surface area contributed by atoms with Crippen LogP contribution in [0, 0.1) is 0 Å². The van der Waals surface area contributed by atoms with Crippen molar-refractivity contribution >= 4 is 21.6 Å². The molecule has 39 heavy (non-hydrogen) atoms. The highest BCUT2D eigenvalue weighted by atomic mass is 32.1. The Morgan fingerprint density at radius 2 is 1.54 bits per heavy atom. The Labute approximate surface area is 235 Å². The van der Waals surface area contributed by atoms with E-state index >= 15 is 0 Å². The van der Waals surface area contributed by atoms with Gasteiger partial charge in [0.2, 0.25) is 0 Å². The van der Waals surface area contributed by atoms with E-state index < -0.39 is 0 Å². The molecule has 0 N–H and O–H groups in total. The normalized spacial score (nSPS) is 11.6. The Morgan fingerprint density at radius 3 is 2.23 bits per heavy atom. The molecular formula is C33H38N4OS. The molecule has 0 fully saturated rings. The van der Waals surface area contributed by atoms with E-state index in [1.165, 1.54) is 22.6 Å². The largest absolute Gasteiger partial charge is 0.326 e. The molecule has 5 rings (SSSR count). The number of aromatic nitrogens is 3. The number of hydrogen-bond acceptors (Lipinski definition) is 4. The molecule has 0 unspecified atom stereocenters. The van der Waals surface area contributed by atoms with Gasteiger partial charge in [0.05, 0.1) is 21.6 Å². The van der Waals surface area contributed by atoms with E-state index in [2.05, 4.69) is 102 Å². The number of thiazole rings is 1. The Hall–Kier alpha value is -3.48. The number of nitrogens with zero attached hydrogens (tertiary/aromatic N) is 4. The van der Waals surface area contributed by atoms with Crippen molar-refractivity contribution in [2.45, 2.75) is 59.2 Å². The molecule has 3 aromatic carbocycles. The number of benzene rings is 3. The molecule has 5 nitrogen and oxygen atoms in total. The molecule has 0 bridgehead atoms. The second kappa shape index (κ2) is 12.6. The van der Waals surface area contributed by atoms with Gasteiger partial charge in [-0.05, 0) is 37.1 Å². The minimum atomic E-state index is 0.0887. The van der Waals surface area contributed by atoms with Gasteiger partial charge < -0.3 is 9.13 Å². The van der Waals surface area contributed by atoms with Crippen LogP contribution in [0.15, 0.2) is 83.7 Å². The fourth-order valence-electron chi connectivity index (χ4n) is 5.18. The van der Waals surface area contributed by atoms with Crippen LogP contribution >= 0.6 is 11.3 Å². The first-order valence-corrected chi connectivity index (χ1v) is 14.9. The SMILES string of the molecule is CCCCN(Cc1ccc2c(c1)sc(=O)n2C)Cc1c(-c2ccccc2)nc(-c2ccccc2)n1CCCC. The molecule has 0 saturated carbocycles. The van der Waals surface area contributed by atoms with Gasteiger partial charge in [0.25, 0.3) is 0 Å². The summed E-state index contributed by atoms with van der Waals surface area (Å²) in [5.74, 6) is 1.05. The maximum Gasteiger partial charge on any atom is 0.307 e. The van der Waals surface area contributed by atoms with Crippen LogP contribution in [0.2, 0.25) is 0 Å². The predicted octanol–water partition coefficient (Wildman–Crippen LogP) is 7.73. The summed E-state index contributed by atoms with van der Waals surface area (Å²) in [6.07, 6.45) is 4.52. The van der Waals surface area contributed by atoms with Crippen LogP contribution in [0.3, 0.4) is 0 Å². The standard InChI is InChI=1S/C33H38N4OS/c1-4-6-20-36(23-25-18-19-28-30(22-25)39-33(38)35(28)3)24-29-31(26-14-10-8-11-15-26)34-32(37(29)21-7-5-2)27-16-12-9-13-17-27/h8-19,22H,4-7,20-21,23-24H2,1-3H3. The van der Waals surface area contributed by atoms with E-state index in [1.807, 2.05) is 7.05 Å². The van der Waals surface area contributed by atoms with Gasteiger partial charge in [0.1, 0.15) is 5.82 Å². The molecule has 202 valence electrons. The molecule has 0 aliphatic carbocycles. The van der Waals surface area contributed by atoms with Crippen LogP contribution in [0.4, 0.5) is 0 Å². The first kappa shape index (κ1) is 27.1. The summed E-state index contributed by atoms with van der Waals surface area (Å²) < 4.78 is 5.26. The van der Waals surface area contributed by atoms with Crippen molar-refractivity contribution in [1.29, 1.82) is 0 Å². The number of fused-ring (bicyclic) bond motifs is 1. The first-order valence-electron chi connectivity index (χ1n) is 14.1. The molecule has 0 radical (unpaired) electrons. The van der Waals surface area contributed by atoms with Gasteiger partial charge >= 0.3 is 4.87 Å². The quantitative estimate of drug-likeness (QED) is 0.163. The fraction of sp³-hybridized carbons (Fsp3) is 0.333. The Kier molecular flexibility index (Phi) is 8.74. The zero-order valence-corrected chi connectivity index (χ0v) is 24.1. The molecule has 2 heterocycles. The summed E-state index contributed by atoms with van der Waals surface area (Å²) in [7, 11) is 1.85. The van der Waals surface area contributed by atoms with Crippen molar-refractivity contribution in [3.8, 4) is 22.6 Å². The second-order valence-electron chi connectivity index (χ2n) is 10.3. The molecule has 6 heteroatoms. The van der Waals surface area contributed by atoms with Crippen molar-refractivity contribution in [2.24, 2.45) is 7.05 Å². The van der Waals surface area contributed by atoms with E-state index in [4.69, 9.17) is 4.98 Å². The van der Waals surface area contributed by atoms with E-state index in [-0.39, 0.29) is 4.87 Å². The molecule has 2 aromatic heterocycles. The van der Waals surface area contributed by atoms with Crippen LogP contribution in [-0.2, 0) is 26.7 Å². The minimum Gasteiger partial charge on any atom is -0.326 e. The Bertz CT molecular complexity index is 1570. The Morgan fingerprint density at radius 1 is 0.846 bits per heavy atom. The van der Waals surface area contributed by atoms with Gasteiger partial charge in [-0.1, -0.05) is 105 Å². The number of aryl methyl sites for hydroxylation is 1. The molecule has 0 aliphatic rings. The third-order valence-corrected chi connectivity index (χ3v) is 8.35. The number of hydrogen-bond donors (Lipinski definition) is 0. The van der Waals surface area contributed by atoms with E-state index in [1.54, 1.807) is 4.57 Å². The van der Waals surface area contributed by atoms with Gasteiger partial charge in [-0.15, -0.1) is 0 Å². The summed E-state index contributed by atoms with van der Waals surface area (Å²) >= 11 is 1.33. The topological polar surface area (TPSA) is 43.1 Å². The summed E-state index contributed by atoms with van der Waals surface area (Å²) in [5, 5.41) is 0. The van der Waals surface area contributed by atoms with Crippen LogP contribution < -0.4 is 4.87 Å². The highest BCUT2D eigenvalue weighted by Crippen LogP contribution is 2.31. The van der Waals surface area contributed by atoms with Crippen LogP contribution in [0.25, 0.3) is 32.9 Å². The maximum absolute atomic E-state index is 12.2. The second-order valence-corrected chi connectivity index (χ2v) is 11.3. The minimum absolute atomic E-state index is 0.0887. The highest BCUT2D eigenvalue weighted by molar-refractivity contribution is 7.16. The fourth-order valence-corrected chi connectivity index (χ4v) is 6.12. The maximum atomic E-state index is 12.2. The van der Waals surface area contributed by atoms with Crippen molar-refractivity contribution in [1.82, 2.24) is 19.0 Å². The molecule has 0 aliphatic heterocycles. The van der Waals surface area contributed by atoms with Gasteiger partial charge in [0.15, 0.2) is 0 Å². The smallest absolute Gasteiger partial charge is 0.307 e. The monoisotopic (exact) mass is 538 g/mol. The average molecular weight is 539 g/mol. The third-order valence-electron chi connectivity index (χ3n) is 7.35. The molecular weight excluding hydrogens is 500 g/mol. The summed E-state index contributed by atoms with van der Waals surface area (Å²) in [5.41, 5.74) is 6.90. The summed E-state index contributed by atoms with van der Waals surface area (Å²) in [6.45, 7) is 8.10. The lowest BCUT2D eigenvalue weighted by Crippen LogP contribution is -2.26. The van der Waals surface area contributed by atoms with Gasteiger partial charge in [-0.25, -0.2) is 4.98 Å². The number of imidazole rings is 1. The zero-order chi connectivity index (χ0) is 27.2. The van der Waals surface area contributed by atoms with Crippen LogP contribution in [0.5, 0.6) is 0 Å². The number of rotatable bonds is 12. The van der Waals surface area contributed by atoms with Crippen molar-refractivity contribution in [3.05, 3.63) is 99.8 Å². The molecule has 0 atom stereocenters. The van der Waals surface area contributed by atoms with E-state index in [0.29, 0.717) is 0 Å². The average Bonchev–Trinajstić information content (AvgIpc) is 3.47. The Balaban J connectivity index is 1.57. The molecule has 0 spiro atoms.